The van der Waals surface area contributed by atoms with Crippen LogP contribution in [0.2, 0.25) is 0 Å². The zero-order chi connectivity index (χ0) is 13.4. The molecule has 0 fully saturated rings. The number of nitrogens with one attached hydrogen (secondary N) is 1. The van der Waals surface area contributed by atoms with Crippen molar-refractivity contribution < 1.29 is 8.78 Å². The molecule has 0 spiro atoms. The van der Waals surface area contributed by atoms with Crippen LogP contribution in [-0.2, 0) is 6.54 Å². The van der Waals surface area contributed by atoms with Crippen LogP contribution in [0, 0.1) is 17.6 Å². The largest absolute Gasteiger partial charge is 0.312 e. The van der Waals surface area contributed by atoms with Crippen LogP contribution in [-0.4, -0.2) is 12.4 Å². The lowest BCUT2D eigenvalue weighted by molar-refractivity contribution is 0.425. The summed E-state index contributed by atoms with van der Waals surface area (Å²) in [6.07, 6.45) is 3.16. The van der Waals surface area contributed by atoms with Gasteiger partial charge in [-0.05, 0) is 31.4 Å². The highest BCUT2D eigenvalue weighted by Gasteiger charge is 2.09. The van der Waals surface area contributed by atoms with Gasteiger partial charge in [-0.25, -0.2) is 8.78 Å². The Morgan fingerprint density at radius 1 is 1.28 bits per heavy atom. The van der Waals surface area contributed by atoms with Gasteiger partial charge in [0, 0.05) is 18.0 Å². The molecule has 1 rings (SSSR count). The molecule has 0 aliphatic heterocycles. The quantitative estimate of drug-likeness (QED) is 0.705. The first kappa shape index (κ1) is 15.4. The number of benzene rings is 1. The van der Waals surface area contributed by atoms with Crippen molar-refractivity contribution >= 4 is 11.6 Å². The van der Waals surface area contributed by atoms with Crippen molar-refractivity contribution in [2.45, 2.75) is 32.7 Å². The van der Waals surface area contributed by atoms with Crippen LogP contribution >= 0.6 is 11.6 Å². The maximum absolute atomic E-state index is 13.4. The molecule has 18 heavy (non-hydrogen) atoms. The van der Waals surface area contributed by atoms with Crippen LogP contribution in [0.3, 0.4) is 0 Å². The Hall–Kier alpha value is -0.670. The van der Waals surface area contributed by atoms with Gasteiger partial charge >= 0.3 is 0 Å². The lowest BCUT2D eigenvalue weighted by Crippen LogP contribution is -2.23. The Labute approximate surface area is 113 Å². The minimum absolute atomic E-state index is 0.353. The highest BCUT2D eigenvalue weighted by molar-refractivity contribution is 6.17. The molecule has 0 aromatic heterocycles. The fourth-order valence-electron chi connectivity index (χ4n) is 2.01. The zero-order valence-corrected chi connectivity index (χ0v) is 11.4. The maximum atomic E-state index is 13.4. The fourth-order valence-corrected chi connectivity index (χ4v) is 2.32. The van der Waals surface area contributed by atoms with Gasteiger partial charge in [0.2, 0.25) is 0 Å². The van der Waals surface area contributed by atoms with E-state index in [4.69, 9.17) is 11.6 Å². The smallest absolute Gasteiger partial charge is 0.163 e. The fraction of sp³-hybridized carbons (Fsp3) is 0.571. The Balaban J connectivity index is 2.42. The molecular weight excluding hydrogens is 256 g/mol. The molecule has 1 atom stereocenters. The standard InChI is InChI=1S/C14H20ClF2N/c1-2-4-11(7-8-15)9-18-10-12-5-3-6-13(16)14(12)17/h3,5-6,11,18H,2,4,7-10H2,1H3. The molecule has 1 aromatic rings. The second-order valence-corrected chi connectivity index (χ2v) is 4.85. The summed E-state index contributed by atoms with van der Waals surface area (Å²) in [5, 5.41) is 3.17. The van der Waals surface area contributed by atoms with Crippen molar-refractivity contribution in [3.8, 4) is 0 Å². The minimum atomic E-state index is -0.792. The second-order valence-electron chi connectivity index (χ2n) is 4.48. The van der Waals surface area contributed by atoms with Crippen molar-refractivity contribution in [3.05, 3.63) is 35.4 Å². The van der Waals surface area contributed by atoms with Crippen LogP contribution < -0.4 is 5.32 Å². The molecule has 1 unspecified atom stereocenters. The number of halogens is 3. The molecule has 0 aliphatic rings. The average Bonchev–Trinajstić information content (AvgIpc) is 2.35. The van der Waals surface area contributed by atoms with E-state index in [1.807, 2.05) is 0 Å². The van der Waals surface area contributed by atoms with Crippen molar-refractivity contribution in [2.24, 2.45) is 5.92 Å². The molecule has 0 amide bonds. The summed E-state index contributed by atoms with van der Waals surface area (Å²) in [6, 6.07) is 4.26. The highest BCUT2D eigenvalue weighted by Crippen LogP contribution is 2.13. The Morgan fingerprint density at radius 2 is 2.06 bits per heavy atom. The SMILES string of the molecule is CCCC(CCCl)CNCc1cccc(F)c1F. The topological polar surface area (TPSA) is 12.0 Å². The summed E-state index contributed by atoms with van der Waals surface area (Å²) in [5.74, 6) is -0.403. The maximum Gasteiger partial charge on any atom is 0.163 e. The molecule has 0 bridgehead atoms. The molecule has 1 aromatic carbocycles. The second kappa shape index (κ2) is 8.44. The first-order valence-electron chi connectivity index (χ1n) is 6.38. The molecule has 0 aliphatic carbocycles. The van der Waals surface area contributed by atoms with Crippen LogP contribution in [0.25, 0.3) is 0 Å². The van der Waals surface area contributed by atoms with Gasteiger partial charge in [0.15, 0.2) is 11.6 Å². The summed E-state index contributed by atoms with van der Waals surface area (Å²) in [7, 11) is 0. The van der Waals surface area contributed by atoms with E-state index in [2.05, 4.69) is 12.2 Å². The minimum Gasteiger partial charge on any atom is -0.312 e. The lowest BCUT2D eigenvalue weighted by Gasteiger charge is -2.15. The molecule has 102 valence electrons. The molecule has 1 nitrogen and oxygen atoms in total. The average molecular weight is 276 g/mol. The van der Waals surface area contributed by atoms with E-state index in [0.717, 1.165) is 31.9 Å². The third-order valence-corrected chi connectivity index (χ3v) is 3.21. The normalized spacial score (nSPS) is 12.7. The molecule has 1 N–H and O–H groups in total. The lowest BCUT2D eigenvalue weighted by atomic mass is 10.0. The molecular formula is C14H20ClF2N. The van der Waals surface area contributed by atoms with Crippen molar-refractivity contribution in [3.63, 3.8) is 0 Å². The van der Waals surface area contributed by atoms with E-state index >= 15 is 0 Å². The molecule has 0 radical (unpaired) electrons. The predicted octanol–water partition coefficient (Wildman–Crippen LogP) is 4.10. The van der Waals surface area contributed by atoms with E-state index in [0.29, 0.717) is 23.9 Å². The summed E-state index contributed by atoms with van der Waals surface area (Å²) in [6.45, 7) is 3.27. The zero-order valence-electron chi connectivity index (χ0n) is 10.7. The van der Waals surface area contributed by atoms with Crippen LogP contribution in [0.15, 0.2) is 18.2 Å². The molecule has 0 heterocycles. The van der Waals surface area contributed by atoms with E-state index in [9.17, 15) is 8.78 Å². The molecule has 0 saturated carbocycles. The summed E-state index contributed by atoms with van der Waals surface area (Å²) < 4.78 is 26.4. The Kier molecular flexibility index (Phi) is 7.21. The van der Waals surface area contributed by atoms with Crippen molar-refractivity contribution in [2.75, 3.05) is 12.4 Å². The number of hydrogen-bond donors (Lipinski definition) is 1. The van der Waals surface area contributed by atoms with Crippen molar-refractivity contribution in [1.29, 1.82) is 0 Å². The number of hydrogen-bond acceptors (Lipinski definition) is 1. The van der Waals surface area contributed by atoms with Gasteiger partial charge in [-0.3, -0.25) is 0 Å². The first-order chi connectivity index (χ1) is 8.69. The third-order valence-electron chi connectivity index (χ3n) is 2.99. The van der Waals surface area contributed by atoms with Gasteiger partial charge in [-0.15, -0.1) is 11.6 Å². The van der Waals surface area contributed by atoms with Gasteiger partial charge in [0.1, 0.15) is 0 Å². The summed E-state index contributed by atoms with van der Waals surface area (Å²) >= 11 is 5.74. The van der Waals surface area contributed by atoms with Gasteiger partial charge in [0.25, 0.3) is 0 Å². The molecule has 0 saturated heterocycles. The Bertz CT molecular complexity index is 352. The summed E-state index contributed by atoms with van der Waals surface area (Å²) in [5.41, 5.74) is 0.371. The van der Waals surface area contributed by atoms with E-state index in [1.165, 1.54) is 6.07 Å². The van der Waals surface area contributed by atoms with E-state index in [1.54, 1.807) is 6.07 Å². The molecule has 4 heteroatoms. The summed E-state index contributed by atoms with van der Waals surface area (Å²) in [4.78, 5) is 0. The van der Waals surface area contributed by atoms with Crippen LogP contribution in [0.1, 0.15) is 31.7 Å². The number of alkyl halides is 1. The van der Waals surface area contributed by atoms with Crippen LogP contribution in [0.5, 0.6) is 0 Å². The van der Waals surface area contributed by atoms with Gasteiger partial charge in [-0.1, -0.05) is 25.5 Å². The predicted molar refractivity (Wildman–Crippen MR) is 71.8 cm³/mol. The van der Waals surface area contributed by atoms with Gasteiger partial charge in [0.05, 0.1) is 0 Å². The van der Waals surface area contributed by atoms with Gasteiger partial charge < -0.3 is 5.32 Å². The van der Waals surface area contributed by atoms with Gasteiger partial charge in [-0.2, -0.15) is 0 Å². The van der Waals surface area contributed by atoms with Crippen LogP contribution in [0.4, 0.5) is 8.78 Å². The monoisotopic (exact) mass is 275 g/mol. The highest BCUT2D eigenvalue weighted by atomic mass is 35.5. The van der Waals surface area contributed by atoms with E-state index < -0.39 is 11.6 Å². The Morgan fingerprint density at radius 3 is 2.72 bits per heavy atom. The number of rotatable bonds is 8. The van der Waals surface area contributed by atoms with Crippen molar-refractivity contribution in [1.82, 2.24) is 5.32 Å². The first-order valence-corrected chi connectivity index (χ1v) is 6.92. The third kappa shape index (κ3) is 4.91. The van der Waals surface area contributed by atoms with E-state index in [-0.39, 0.29) is 0 Å².